The third kappa shape index (κ3) is 0.687. The van der Waals surface area contributed by atoms with Crippen molar-refractivity contribution in [1.82, 2.24) is 10.2 Å². The summed E-state index contributed by atoms with van der Waals surface area (Å²) in [6.45, 7) is 1.92. The average molecular weight is 107 g/mol. The van der Waals surface area contributed by atoms with Gasteiger partial charge in [0.05, 0.1) is 6.20 Å². The van der Waals surface area contributed by atoms with Crippen LogP contribution in [0.3, 0.4) is 0 Å². The normalized spacial score (nSPS) is 9.12. The number of hydrogen-bond acceptors (Lipinski definition) is 2. The summed E-state index contributed by atoms with van der Waals surface area (Å²) in [5, 5.41) is 8.85. The Kier molecular flexibility index (Phi) is 1.24. The molecule has 2 radical (unpaired) electrons. The number of anilines is 1. The lowest BCUT2D eigenvalue weighted by Crippen LogP contribution is -1.91. The van der Waals surface area contributed by atoms with Crippen molar-refractivity contribution in [1.29, 1.82) is 0 Å². The van der Waals surface area contributed by atoms with Gasteiger partial charge in [-0.3, -0.25) is 5.10 Å². The zero-order valence-corrected chi connectivity index (χ0v) is 4.60. The molecule has 0 bridgehead atoms. The Balaban J connectivity index is 2.92. The maximum atomic E-state index is 5.07. The summed E-state index contributed by atoms with van der Waals surface area (Å²) in [4.78, 5) is 0. The molecule has 0 unspecified atom stereocenters. The number of rotatable bonds is 1. The van der Waals surface area contributed by atoms with Crippen LogP contribution >= 0.6 is 0 Å². The van der Waals surface area contributed by atoms with E-state index in [4.69, 9.17) is 7.98 Å². The molecule has 0 saturated heterocycles. The lowest BCUT2D eigenvalue weighted by Gasteiger charge is -1.92. The Hall–Kier alpha value is -0.925. The number of nitrogens with one attached hydrogen (secondary N) is 2. The second kappa shape index (κ2) is 1.90. The molecule has 1 rings (SSSR count). The molecule has 0 spiro atoms. The van der Waals surface area contributed by atoms with E-state index in [-0.39, 0.29) is 0 Å². The summed E-state index contributed by atoms with van der Waals surface area (Å²) < 4.78 is 0. The van der Waals surface area contributed by atoms with Gasteiger partial charge in [0.2, 0.25) is 7.98 Å². The van der Waals surface area contributed by atoms with E-state index in [0.29, 0.717) is 0 Å². The van der Waals surface area contributed by atoms with Crippen LogP contribution in [0.15, 0.2) is 6.20 Å². The minimum Gasteiger partial charge on any atom is -0.423 e. The van der Waals surface area contributed by atoms with Crippen molar-refractivity contribution >= 4 is 13.8 Å². The molecule has 0 aromatic carbocycles. The van der Waals surface area contributed by atoms with Crippen molar-refractivity contribution in [2.75, 3.05) is 5.23 Å². The number of aryl methyl sites for hydroxylation is 1. The molecule has 0 fully saturated rings. The molecule has 3 nitrogen and oxygen atoms in total. The van der Waals surface area contributed by atoms with Gasteiger partial charge in [0.15, 0.2) is 0 Å². The topological polar surface area (TPSA) is 40.7 Å². The van der Waals surface area contributed by atoms with E-state index < -0.39 is 0 Å². The van der Waals surface area contributed by atoms with Crippen molar-refractivity contribution in [3.05, 3.63) is 11.8 Å². The van der Waals surface area contributed by atoms with Crippen LogP contribution in [-0.4, -0.2) is 18.2 Å². The Morgan fingerprint density at radius 1 is 1.88 bits per heavy atom. The summed E-state index contributed by atoms with van der Waals surface area (Å²) in [6.07, 6.45) is 1.70. The summed E-state index contributed by atoms with van der Waals surface area (Å²) >= 11 is 0. The third-order valence-electron chi connectivity index (χ3n) is 0.973. The molecule has 1 aromatic rings. The fourth-order valence-electron chi connectivity index (χ4n) is 0.492. The zero-order valence-electron chi connectivity index (χ0n) is 4.60. The van der Waals surface area contributed by atoms with Crippen molar-refractivity contribution in [2.45, 2.75) is 6.92 Å². The minimum absolute atomic E-state index is 0.769. The minimum atomic E-state index is 0.769. The Morgan fingerprint density at radius 3 is 2.88 bits per heavy atom. The van der Waals surface area contributed by atoms with Crippen LogP contribution in [0, 0.1) is 6.92 Å². The van der Waals surface area contributed by atoms with Gasteiger partial charge >= 0.3 is 0 Å². The highest BCUT2D eigenvalue weighted by Gasteiger charge is 1.91. The molecule has 4 heteroatoms. The van der Waals surface area contributed by atoms with Crippen LogP contribution in [0.25, 0.3) is 0 Å². The van der Waals surface area contributed by atoms with Gasteiger partial charge in [-0.2, -0.15) is 5.10 Å². The largest absolute Gasteiger partial charge is 0.423 e. The van der Waals surface area contributed by atoms with Crippen LogP contribution in [-0.2, 0) is 0 Å². The number of aromatic nitrogens is 2. The quantitative estimate of drug-likeness (QED) is 0.503. The molecule has 0 saturated carbocycles. The fourth-order valence-corrected chi connectivity index (χ4v) is 0.492. The van der Waals surface area contributed by atoms with Crippen molar-refractivity contribution in [3.63, 3.8) is 0 Å². The van der Waals surface area contributed by atoms with Gasteiger partial charge in [0.25, 0.3) is 0 Å². The van der Waals surface area contributed by atoms with E-state index in [1.807, 2.05) is 6.92 Å². The summed E-state index contributed by atoms with van der Waals surface area (Å²) in [7, 11) is 5.07. The highest BCUT2D eigenvalue weighted by molar-refractivity contribution is 6.15. The van der Waals surface area contributed by atoms with Crippen LogP contribution in [0.5, 0.6) is 0 Å². The van der Waals surface area contributed by atoms with Crippen LogP contribution < -0.4 is 5.23 Å². The number of hydrogen-bond donors (Lipinski definition) is 2. The lowest BCUT2D eigenvalue weighted by atomic mass is 10.3. The molecule has 1 aromatic heterocycles. The third-order valence-corrected chi connectivity index (χ3v) is 0.973. The predicted octanol–water partition coefficient (Wildman–Crippen LogP) is 0.214. The van der Waals surface area contributed by atoms with Gasteiger partial charge in [-0.05, 0) is 6.92 Å². The Morgan fingerprint density at radius 2 is 2.62 bits per heavy atom. The van der Waals surface area contributed by atoms with E-state index in [1.165, 1.54) is 0 Å². The first-order valence-electron chi connectivity index (χ1n) is 2.31. The fraction of sp³-hybridized carbons (Fsp3) is 0.250. The first-order chi connectivity index (χ1) is 3.84. The molecule has 8 heavy (non-hydrogen) atoms. The first-order valence-corrected chi connectivity index (χ1v) is 2.31. The maximum Gasteiger partial charge on any atom is 0.224 e. The predicted molar refractivity (Wildman–Crippen MR) is 32.7 cm³/mol. The highest BCUT2D eigenvalue weighted by atomic mass is 15.2. The van der Waals surface area contributed by atoms with Crippen molar-refractivity contribution in [3.8, 4) is 0 Å². The van der Waals surface area contributed by atoms with Crippen molar-refractivity contribution in [2.24, 2.45) is 0 Å². The van der Waals surface area contributed by atoms with E-state index in [0.717, 1.165) is 11.4 Å². The average Bonchev–Trinajstić information content (AvgIpc) is 2.14. The van der Waals surface area contributed by atoms with E-state index in [2.05, 4.69) is 15.4 Å². The van der Waals surface area contributed by atoms with Crippen LogP contribution in [0.2, 0.25) is 0 Å². The molecule has 0 aliphatic rings. The highest BCUT2D eigenvalue weighted by Crippen LogP contribution is 2.05. The first kappa shape index (κ1) is 5.22. The summed E-state index contributed by atoms with van der Waals surface area (Å²) in [5.41, 5.74) is 1.02. The number of aromatic amines is 1. The molecule has 0 aliphatic heterocycles. The SMILES string of the molecule is [B]Nc1[nH]ncc1C. The molecule has 0 aliphatic carbocycles. The van der Waals surface area contributed by atoms with E-state index >= 15 is 0 Å². The monoisotopic (exact) mass is 107 g/mol. The van der Waals surface area contributed by atoms with Gasteiger partial charge < -0.3 is 5.23 Å². The van der Waals surface area contributed by atoms with Crippen LogP contribution in [0.4, 0.5) is 5.82 Å². The second-order valence-corrected chi connectivity index (χ2v) is 1.57. The van der Waals surface area contributed by atoms with Crippen molar-refractivity contribution < 1.29 is 0 Å². The van der Waals surface area contributed by atoms with Gasteiger partial charge in [0.1, 0.15) is 5.82 Å². The number of H-pyrrole nitrogens is 1. The Bertz CT molecular complexity index is 172. The smallest absolute Gasteiger partial charge is 0.224 e. The zero-order chi connectivity index (χ0) is 5.98. The lowest BCUT2D eigenvalue weighted by molar-refractivity contribution is 1.10. The molecule has 1 heterocycles. The van der Waals surface area contributed by atoms with Gasteiger partial charge in [-0.25, -0.2) is 0 Å². The van der Waals surface area contributed by atoms with Gasteiger partial charge in [-0.1, -0.05) is 0 Å². The van der Waals surface area contributed by atoms with Gasteiger partial charge in [0, 0.05) is 5.56 Å². The second-order valence-electron chi connectivity index (χ2n) is 1.57. The Labute approximate surface area is 48.9 Å². The molecular weight excluding hydrogens is 101 g/mol. The van der Waals surface area contributed by atoms with Gasteiger partial charge in [-0.15, -0.1) is 0 Å². The standard InChI is InChI=1S/C4H6BN3/c1-3-2-6-8-4(3)7-5/h2H,1H3,(H2,6,7,8). The molecule has 2 N–H and O–H groups in total. The maximum absolute atomic E-state index is 5.07. The molecule has 0 amide bonds. The van der Waals surface area contributed by atoms with Crippen LogP contribution in [0.1, 0.15) is 5.56 Å². The molecule has 0 atom stereocenters. The summed E-state index contributed by atoms with van der Waals surface area (Å²) in [6, 6.07) is 0. The van der Waals surface area contributed by atoms with E-state index in [9.17, 15) is 0 Å². The molecular formula is C4H6BN3. The molecule has 40 valence electrons. The summed E-state index contributed by atoms with van der Waals surface area (Å²) in [5.74, 6) is 0.769. The van der Waals surface area contributed by atoms with E-state index in [1.54, 1.807) is 6.20 Å². The number of nitrogens with zero attached hydrogens (tertiary/aromatic N) is 1.